The third-order valence-corrected chi connectivity index (χ3v) is 12.9. The van der Waals surface area contributed by atoms with Crippen LogP contribution in [0.3, 0.4) is 0 Å². The van der Waals surface area contributed by atoms with E-state index in [9.17, 15) is 19.2 Å². The highest BCUT2D eigenvalue weighted by Crippen LogP contribution is 2.36. The van der Waals surface area contributed by atoms with E-state index in [0.29, 0.717) is 38.5 Å². The first-order chi connectivity index (χ1) is 28.7. The SMILES string of the molecule is CCCCCCCCCCCCCCCCOC(=O)CC(C(=O)OC1CC(C)(C)NC(C)(C)C1)C(CC(=O)OC1CC(C)(C)NC(C)(C)C1)C(=O)OC1CC(C)(C)NC(C)(C)C1. The van der Waals surface area contributed by atoms with Crippen LogP contribution >= 0.6 is 0 Å². The van der Waals surface area contributed by atoms with Crippen molar-refractivity contribution in [3.8, 4) is 0 Å². The minimum absolute atomic E-state index is 0.229. The van der Waals surface area contributed by atoms with Gasteiger partial charge in [-0.05, 0) is 89.5 Å². The Bertz CT molecular complexity index is 1370. The van der Waals surface area contributed by atoms with Gasteiger partial charge in [0, 0.05) is 71.8 Å². The molecular formula is C51H93N3O8. The van der Waals surface area contributed by atoms with Gasteiger partial charge in [0.15, 0.2) is 0 Å². The van der Waals surface area contributed by atoms with Crippen LogP contribution in [0.25, 0.3) is 0 Å². The number of carbonyl (C=O) groups excluding carboxylic acids is 4. The Morgan fingerprint density at radius 1 is 0.419 bits per heavy atom. The molecule has 2 atom stereocenters. The molecule has 11 heteroatoms. The molecule has 360 valence electrons. The van der Waals surface area contributed by atoms with Crippen molar-refractivity contribution in [3.63, 3.8) is 0 Å². The largest absolute Gasteiger partial charge is 0.466 e. The van der Waals surface area contributed by atoms with Gasteiger partial charge in [0.1, 0.15) is 18.3 Å². The molecule has 11 nitrogen and oxygen atoms in total. The van der Waals surface area contributed by atoms with Crippen LogP contribution in [0.5, 0.6) is 0 Å². The third-order valence-electron chi connectivity index (χ3n) is 12.9. The molecular weight excluding hydrogens is 783 g/mol. The zero-order chi connectivity index (χ0) is 46.4. The standard InChI is InChI=1S/C51H93N3O8/c1-14-15-16-17-18-19-20-21-22-23-24-25-26-27-28-59-42(55)29-40(44(57)61-38-33-48(6,7)53-49(8,9)34-38)41(45(58)62-39-35-50(10,11)54-51(12,13)36-39)30-43(56)60-37-31-46(2,3)52-47(4,5)32-37/h37-41,52-54H,14-36H2,1-13H3. The molecule has 2 unspecified atom stereocenters. The van der Waals surface area contributed by atoms with E-state index in [2.05, 4.69) is 106 Å². The van der Waals surface area contributed by atoms with Crippen LogP contribution in [0.1, 0.15) is 231 Å². The molecule has 3 fully saturated rings. The zero-order valence-corrected chi connectivity index (χ0v) is 41.9. The number of unbranched alkanes of at least 4 members (excludes halogenated alkanes) is 13. The Balaban J connectivity index is 1.74. The van der Waals surface area contributed by atoms with E-state index in [1.54, 1.807) is 0 Å². The fourth-order valence-electron chi connectivity index (χ4n) is 11.4. The molecule has 0 saturated carbocycles. The molecule has 0 aromatic rings. The van der Waals surface area contributed by atoms with Crippen LogP contribution in [0.2, 0.25) is 0 Å². The molecule has 3 aliphatic heterocycles. The van der Waals surface area contributed by atoms with Gasteiger partial charge in [-0.15, -0.1) is 0 Å². The molecule has 3 aliphatic rings. The predicted molar refractivity (Wildman–Crippen MR) is 249 cm³/mol. The van der Waals surface area contributed by atoms with Crippen molar-refractivity contribution in [2.45, 2.75) is 283 Å². The van der Waals surface area contributed by atoms with E-state index in [1.165, 1.54) is 70.6 Å². The van der Waals surface area contributed by atoms with Gasteiger partial charge < -0.3 is 34.9 Å². The molecule has 3 rings (SSSR count). The monoisotopic (exact) mass is 876 g/mol. The summed E-state index contributed by atoms with van der Waals surface area (Å²) in [5, 5.41) is 10.9. The lowest BCUT2D eigenvalue weighted by atomic mass is 9.80. The maximum absolute atomic E-state index is 14.6. The Morgan fingerprint density at radius 3 is 1.02 bits per heavy atom. The van der Waals surface area contributed by atoms with Gasteiger partial charge >= 0.3 is 23.9 Å². The van der Waals surface area contributed by atoms with Gasteiger partial charge in [0.05, 0.1) is 31.3 Å². The number of piperidine rings is 3. The fourth-order valence-corrected chi connectivity index (χ4v) is 11.4. The van der Waals surface area contributed by atoms with Gasteiger partial charge in [-0.1, -0.05) is 90.4 Å². The van der Waals surface area contributed by atoms with Crippen LogP contribution in [0.4, 0.5) is 0 Å². The van der Waals surface area contributed by atoms with E-state index in [0.717, 1.165) is 19.3 Å². The molecule has 0 bridgehead atoms. The number of hydrogen-bond acceptors (Lipinski definition) is 11. The maximum Gasteiger partial charge on any atom is 0.310 e. The van der Waals surface area contributed by atoms with Gasteiger partial charge in [0.2, 0.25) is 0 Å². The van der Waals surface area contributed by atoms with Gasteiger partial charge in [-0.25, -0.2) is 0 Å². The molecule has 0 amide bonds. The third kappa shape index (κ3) is 20.7. The first-order valence-corrected chi connectivity index (χ1v) is 24.8. The maximum atomic E-state index is 14.6. The fraction of sp³-hybridized carbons (Fsp3) is 0.922. The smallest absolute Gasteiger partial charge is 0.310 e. The van der Waals surface area contributed by atoms with Crippen molar-refractivity contribution in [2.24, 2.45) is 11.8 Å². The van der Waals surface area contributed by atoms with E-state index in [4.69, 9.17) is 18.9 Å². The van der Waals surface area contributed by atoms with Gasteiger partial charge in [0.25, 0.3) is 0 Å². The summed E-state index contributed by atoms with van der Waals surface area (Å²) in [6.45, 7) is 27.4. The quantitative estimate of drug-likeness (QED) is 0.0458. The summed E-state index contributed by atoms with van der Waals surface area (Å²) in [7, 11) is 0. The number of ether oxygens (including phenoxy) is 4. The van der Waals surface area contributed by atoms with E-state index >= 15 is 0 Å². The minimum atomic E-state index is -1.31. The molecule has 3 saturated heterocycles. The molecule has 3 N–H and O–H groups in total. The van der Waals surface area contributed by atoms with Crippen molar-refractivity contribution < 1.29 is 38.1 Å². The first kappa shape index (κ1) is 54.1. The van der Waals surface area contributed by atoms with E-state index < -0.39 is 66.9 Å². The lowest BCUT2D eigenvalue weighted by Crippen LogP contribution is -2.60. The minimum Gasteiger partial charge on any atom is -0.466 e. The topological polar surface area (TPSA) is 141 Å². The lowest BCUT2D eigenvalue weighted by molar-refractivity contribution is -0.176. The summed E-state index contributed by atoms with van der Waals surface area (Å²) in [5.74, 6) is -5.20. The first-order valence-electron chi connectivity index (χ1n) is 24.8. The summed E-state index contributed by atoms with van der Waals surface area (Å²) < 4.78 is 24.4. The summed E-state index contributed by atoms with van der Waals surface area (Å²) >= 11 is 0. The summed E-state index contributed by atoms with van der Waals surface area (Å²) in [6.07, 6.45) is 18.4. The van der Waals surface area contributed by atoms with Crippen molar-refractivity contribution in [1.82, 2.24) is 16.0 Å². The van der Waals surface area contributed by atoms with E-state index in [-0.39, 0.29) is 39.8 Å². The number of nitrogens with one attached hydrogen (secondary N) is 3. The normalized spacial score (nSPS) is 22.9. The molecule has 0 aromatic carbocycles. The lowest BCUT2D eigenvalue weighted by Gasteiger charge is -2.46. The summed E-state index contributed by atoms with van der Waals surface area (Å²) in [6, 6.07) is 0. The van der Waals surface area contributed by atoms with Crippen molar-refractivity contribution in [3.05, 3.63) is 0 Å². The highest BCUT2D eigenvalue weighted by molar-refractivity contribution is 5.88. The summed E-state index contributed by atoms with van der Waals surface area (Å²) in [5.41, 5.74) is -1.83. The number of hydrogen-bond donors (Lipinski definition) is 3. The highest BCUT2D eigenvalue weighted by Gasteiger charge is 2.47. The number of esters is 4. The number of carbonyl (C=O) groups is 4. The van der Waals surface area contributed by atoms with Crippen LogP contribution < -0.4 is 16.0 Å². The van der Waals surface area contributed by atoms with Crippen LogP contribution in [-0.4, -0.2) is 82.0 Å². The summed E-state index contributed by atoms with van der Waals surface area (Å²) in [4.78, 5) is 56.8. The second kappa shape index (κ2) is 23.8. The molecule has 62 heavy (non-hydrogen) atoms. The van der Waals surface area contributed by atoms with Crippen molar-refractivity contribution in [2.75, 3.05) is 6.61 Å². The molecule has 0 spiro atoms. The average Bonchev–Trinajstić information content (AvgIpc) is 3.07. The van der Waals surface area contributed by atoms with Crippen LogP contribution in [-0.2, 0) is 38.1 Å². The zero-order valence-electron chi connectivity index (χ0n) is 41.9. The van der Waals surface area contributed by atoms with E-state index in [1.807, 2.05) is 0 Å². The Labute approximate surface area is 378 Å². The predicted octanol–water partition coefficient (Wildman–Crippen LogP) is 10.6. The van der Waals surface area contributed by atoms with Crippen molar-refractivity contribution >= 4 is 23.9 Å². The number of rotatable bonds is 25. The van der Waals surface area contributed by atoms with Crippen molar-refractivity contribution in [1.29, 1.82) is 0 Å². The Kier molecular flexibility index (Phi) is 20.8. The Morgan fingerprint density at radius 2 is 0.694 bits per heavy atom. The van der Waals surface area contributed by atoms with Crippen LogP contribution in [0, 0.1) is 11.8 Å². The molecule has 0 aliphatic carbocycles. The average molecular weight is 876 g/mol. The highest BCUT2D eigenvalue weighted by atomic mass is 16.6. The van der Waals surface area contributed by atoms with Gasteiger partial charge in [-0.2, -0.15) is 0 Å². The van der Waals surface area contributed by atoms with Gasteiger partial charge in [-0.3, -0.25) is 19.2 Å². The van der Waals surface area contributed by atoms with Crippen LogP contribution in [0.15, 0.2) is 0 Å². The molecule has 0 radical (unpaired) electrons. The molecule has 0 aromatic heterocycles. The molecule has 3 heterocycles. The second-order valence-electron chi connectivity index (χ2n) is 23.6. The second-order valence-corrected chi connectivity index (χ2v) is 23.6. The Hall–Kier alpha value is -2.24.